The van der Waals surface area contributed by atoms with Crippen LogP contribution in [0.25, 0.3) is 0 Å². The van der Waals surface area contributed by atoms with Crippen molar-refractivity contribution in [3.8, 4) is 0 Å². The van der Waals surface area contributed by atoms with Crippen molar-refractivity contribution < 1.29 is 4.74 Å². The first-order valence-electron chi connectivity index (χ1n) is 5.37. The zero-order chi connectivity index (χ0) is 11.3. The first-order chi connectivity index (χ1) is 7.09. The van der Waals surface area contributed by atoms with E-state index >= 15 is 0 Å². The van der Waals surface area contributed by atoms with E-state index in [1.807, 2.05) is 13.1 Å². The lowest BCUT2D eigenvalue weighted by Gasteiger charge is -2.25. The molecule has 0 aliphatic carbocycles. The zero-order valence-electron chi connectivity index (χ0n) is 9.75. The van der Waals surface area contributed by atoms with Gasteiger partial charge in [-0.1, -0.05) is 13.8 Å². The van der Waals surface area contributed by atoms with Crippen molar-refractivity contribution in [1.82, 2.24) is 4.98 Å². The van der Waals surface area contributed by atoms with E-state index < -0.39 is 0 Å². The number of thiazole rings is 1. The van der Waals surface area contributed by atoms with Gasteiger partial charge in [-0.25, -0.2) is 4.98 Å². The van der Waals surface area contributed by atoms with Gasteiger partial charge in [0.2, 0.25) is 0 Å². The van der Waals surface area contributed by atoms with Gasteiger partial charge in [0.1, 0.15) is 0 Å². The van der Waals surface area contributed by atoms with E-state index in [0.717, 1.165) is 17.8 Å². The predicted octanol–water partition coefficient (Wildman–Crippen LogP) is 2.49. The number of aromatic nitrogens is 1. The van der Waals surface area contributed by atoms with Crippen LogP contribution in [0.4, 0.5) is 0 Å². The summed E-state index contributed by atoms with van der Waals surface area (Å²) in [6, 6.07) is 0. The normalized spacial score (nSPS) is 12.0. The molecular weight excluding hydrogens is 208 g/mol. The third-order valence-electron chi connectivity index (χ3n) is 2.71. The topological polar surface area (TPSA) is 48.1 Å². The summed E-state index contributed by atoms with van der Waals surface area (Å²) in [7, 11) is 0. The molecule has 0 amide bonds. The highest BCUT2D eigenvalue weighted by atomic mass is 32.1. The Hall–Kier alpha value is -0.450. The zero-order valence-corrected chi connectivity index (χ0v) is 10.6. The quantitative estimate of drug-likeness (QED) is 0.813. The summed E-state index contributed by atoms with van der Waals surface area (Å²) in [4.78, 5) is 5.35. The maximum Gasteiger partial charge on any atom is 0.0897 e. The molecule has 0 aromatic carbocycles. The predicted molar refractivity (Wildman–Crippen MR) is 64.0 cm³/mol. The molecule has 0 radical (unpaired) electrons. The van der Waals surface area contributed by atoms with Crippen molar-refractivity contribution in [2.45, 2.75) is 45.8 Å². The molecule has 86 valence electrons. The number of aryl methyl sites for hydroxylation is 1. The smallest absolute Gasteiger partial charge is 0.0897 e. The minimum atomic E-state index is -0.167. The van der Waals surface area contributed by atoms with E-state index in [1.165, 1.54) is 4.88 Å². The minimum Gasteiger partial charge on any atom is -0.374 e. The largest absolute Gasteiger partial charge is 0.374 e. The molecule has 1 heterocycles. The van der Waals surface area contributed by atoms with Crippen LogP contribution in [0.1, 0.15) is 36.6 Å². The molecular formula is C11H20N2OS. The van der Waals surface area contributed by atoms with Gasteiger partial charge in [-0.2, -0.15) is 0 Å². The number of rotatable bonds is 6. The lowest BCUT2D eigenvalue weighted by atomic mass is 9.96. The van der Waals surface area contributed by atoms with Crippen LogP contribution in [0.3, 0.4) is 0 Å². The van der Waals surface area contributed by atoms with Crippen LogP contribution in [-0.4, -0.2) is 17.1 Å². The third kappa shape index (κ3) is 3.89. The molecule has 15 heavy (non-hydrogen) atoms. The number of nitrogens with two attached hydrogens (primary N) is 1. The van der Waals surface area contributed by atoms with E-state index in [2.05, 4.69) is 18.8 Å². The fraction of sp³-hybridized carbons (Fsp3) is 0.727. The highest BCUT2D eigenvalue weighted by Gasteiger charge is 2.20. The van der Waals surface area contributed by atoms with Gasteiger partial charge in [-0.05, 0) is 19.8 Å². The molecule has 1 rings (SSSR count). The Kier molecular flexibility index (Phi) is 4.70. The van der Waals surface area contributed by atoms with Gasteiger partial charge < -0.3 is 10.5 Å². The number of ether oxygens (including phenoxy) is 1. The molecule has 0 saturated heterocycles. The molecule has 0 fully saturated rings. The van der Waals surface area contributed by atoms with E-state index in [9.17, 15) is 0 Å². The van der Waals surface area contributed by atoms with Crippen molar-refractivity contribution in [1.29, 1.82) is 0 Å². The Morgan fingerprint density at radius 2 is 2.13 bits per heavy atom. The number of nitrogens with zero attached hydrogens (tertiary/aromatic N) is 1. The lowest BCUT2D eigenvalue weighted by molar-refractivity contribution is 0.0711. The van der Waals surface area contributed by atoms with Crippen LogP contribution in [-0.2, 0) is 11.3 Å². The summed E-state index contributed by atoms with van der Waals surface area (Å²) in [5, 5.41) is 1.08. The molecule has 4 heteroatoms. The van der Waals surface area contributed by atoms with E-state index in [1.54, 1.807) is 11.3 Å². The second-order valence-corrected chi connectivity index (χ2v) is 5.23. The second-order valence-electron chi connectivity index (χ2n) is 3.91. The van der Waals surface area contributed by atoms with Crippen molar-refractivity contribution in [2.75, 3.05) is 6.61 Å². The van der Waals surface area contributed by atoms with Crippen molar-refractivity contribution >= 4 is 11.3 Å². The molecule has 0 aliphatic rings. The minimum absolute atomic E-state index is 0.167. The summed E-state index contributed by atoms with van der Waals surface area (Å²) in [6.07, 6.45) is 3.77. The van der Waals surface area contributed by atoms with E-state index in [4.69, 9.17) is 10.5 Å². The van der Waals surface area contributed by atoms with Gasteiger partial charge >= 0.3 is 0 Å². The Bertz CT molecular complexity index is 295. The molecule has 1 aromatic rings. The maximum absolute atomic E-state index is 6.13. The Labute approximate surface area is 95.7 Å². The van der Waals surface area contributed by atoms with E-state index in [0.29, 0.717) is 13.2 Å². The van der Waals surface area contributed by atoms with Crippen LogP contribution < -0.4 is 5.73 Å². The van der Waals surface area contributed by atoms with Gasteiger partial charge in [-0.3, -0.25) is 0 Å². The van der Waals surface area contributed by atoms with Gasteiger partial charge in [0, 0.05) is 11.7 Å². The summed E-state index contributed by atoms with van der Waals surface area (Å²) in [5.74, 6) is 0. The average Bonchev–Trinajstić information content (AvgIpc) is 2.64. The fourth-order valence-electron chi connectivity index (χ4n) is 1.28. The molecule has 1 aromatic heterocycles. The highest BCUT2D eigenvalue weighted by molar-refractivity contribution is 7.11. The second kappa shape index (κ2) is 5.58. The summed E-state index contributed by atoms with van der Waals surface area (Å²) >= 11 is 1.68. The number of hydrogen-bond donors (Lipinski definition) is 1. The molecule has 0 atom stereocenters. The Morgan fingerprint density at radius 3 is 2.60 bits per heavy atom. The molecule has 2 N–H and O–H groups in total. The van der Waals surface area contributed by atoms with Crippen molar-refractivity contribution in [2.24, 2.45) is 5.73 Å². The van der Waals surface area contributed by atoms with Gasteiger partial charge in [0.05, 0.1) is 23.1 Å². The maximum atomic E-state index is 6.13. The number of hydrogen-bond acceptors (Lipinski definition) is 4. The molecule has 0 bridgehead atoms. The standard InChI is InChI=1S/C11H20N2OS/c1-4-11(12,5-2)8-14-7-10-6-13-9(3)15-10/h6H,4-5,7-8,12H2,1-3H3. The summed E-state index contributed by atoms with van der Waals surface area (Å²) in [5.41, 5.74) is 5.96. The van der Waals surface area contributed by atoms with Crippen molar-refractivity contribution in [3.05, 3.63) is 16.1 Å². The molecule has 3 nitrogen and oxygen atoms in total. The van der Waals surface area contributed by atoms with Crippen molar-refractivity contribution in [3.63, 3.8) is 0 Å². The SMILES string of the molecule is CCC(N)(CC)COCc1cnc(C)s1. The average molecular weight is 228 g/mol. The van der Waals surface area contributed by atoms with Gasteiger partial charge in [0.15, 0.2) is 0 Å². The van der Waals surface area contributed by atoms with Crippen LogP contribution in [0, 0.1) is 6.92 Å². The summed E-state index contributed by atoms with van der Waals surface area (Å²) < 4.78 is 5.63. The van der Waals surface area contributed by atoms with Gasteiger partial charge in [-0.15, -0.1) is 11.3 Å². The van der Waals surface area contributed by atoms with Crippen LogP contribution >= 0.6 is 11.3 Å². The van der Waals surface area contributed by atoms with Gasteiger partial charge in [0.25, 0.3) is 0 Å². The first-order valence-corrected chi connectivity index (χ1v) is 6.19. The first kappa shape index (κ1) is 12.6. The Morgan fingerprint density at radius 1 is 1.47 bits per heavy atom. The monoisotopic (exact) mass is 228 g/mol. The molecule has 0 aliphatic heterocycles. The van der Waals surface area contributed by atoms with E-state index in [-0.39, 0.29) is 5.54 Å². The van der Waals surface area contributed by atoms with Crippen LogP contribution in [0.15, 0.2) is 6.20 Å². The lowest BCUT2D eigenvalue weighted by Crippen LogP contribution is -2.43. The summed E-state index contributed by atoms with van der Waals surface area (Å²) in [6.45, 7) is 7.45. The fourth-order valence-corrected chi connectivity index (χ4v) is 2.01. The Balaban J connectivity index is 2.32. The molecule has 0 spiro atoms. The molecule has 0 unspecified atom stereocenters. The highest BCUT2D eigenvalue weighted by Crippen LogP contribution is 2.15. The third-order valence-corrected chi connectivity index (χ3v) is 3.60. The van der Waals surface area contributed by atoms with Crippen LogP contribution in [0.5, 0.6) is 0 Å². The van der Waals surface area contributed by atoms with Crippen LogP contribution in [0.2, 0.25) is 0 Å². The molecule has 0 saturated carbocycles.